The number of carbonyl (C=O) groups is 1. The van der Waals surface area contributed by atoms with Gasteiger partial charge in [0.05, 0.1) is 5.03 Å². The van der Waals surface area contributed by atoms with Crippen LogP contribution in [-0.2, 0) is 4.79 Å². The van der Waals surface area contributed by atoms with Gasteiger partial charge in [0, 0.05) is 6.54 Å². The van der Waals surface area contributed by atoms with Crippen LogP contribution in [0.4, 0.5) is 0 Å². The molecule has 0 aromatic rings. The lowest BCUT2D eigenvalue weighted by atomic mass is 10.1. The molecule has 1 fully saturated rings. The fourth-order valence-electron chi connectivity index (χ4n) is 1.08. The third-order valence-corrected chi connectivity index (χ3v) is 3.22. The fourth-order valence-corrected chi connectivity index (χ4v) is 2.43. The summed E-state index contributed by atoms with van der Waals surface area (Å²) in [6.07, 6.45) is 1.19. The first-order valence-electron chi connectivity index (χ1n) is 3.90. The lowest BCUT2D eigenvalue weighted by Gasteiger charge is -2.08. The number of amides is 1. The van der Waals surface area contributed by atoms with E-state index < -0.39 is 0 Å². The number of rotatable bonds is 3. The Balaban J connectivity index is 2.16. The Bertz CT molecular complexity index is 189. The number of nitrogens with one attached hydrogen (secondary N) is 1. The minimum atomic E-state index is -0.242. The van der Waals surface area contributed by atoms with Crippen molar-refractivity contribution in [2.45, 2.75) is 6.42 Å². The Morgan fingerprint density at radius 2 is 2.50 bits per heavy atom. The molecule has 1 amide bonds. The van der Waals surface area contributed by atoms with Crippen molar-refractivity contribution < 1.29 is 4.79 Å². The number of hydrogen-bond acceptors (Lipinski definition) is 2. The molecule has 1 unspecified atom stereocenters. The summed E-state index contributed by atoms with van der Waals surface area (Å²) >= 11 is 7.34. The fraction of sp³-hybridized carbons (Fsp3) is 0.625. The first kappa shape index (κ1) is 9.93. The second-order valence-corrected chi connectivity index (χ2v) is 4.45. The predicted octanol–water partition coefficient (Wildman–Crippen LogP) is 1.61. The topological polar surface area (TPSA) is 29.1 Å². The molecule has 1 rings (SSSR count). The summed E-state index contributed by atoms with van der Waals surface area (Å²) in [4.78, 5) is 11.0. The molecule has 68 valence electrons. The van der Waals surface area contributed by atoms with Crippen LogP contribution in [0.1, 0.15) is 6.42 Å². The average molecular weight is 206 g/mol. The standard InChI is InChI=1S/C8H12ClNOS/c1-6(9)8(11)10-4-7-2-3-12-5-7/h7H,1-5H2,(H,10,11). The highest BCUT2D eigenvalue weighted by atomic mass is 35.5. The third kappa shape index (κ3) is 3.07. The number of hydrogen-bond donors (Lipinski definition) is 1. The van der Waals surface area contributed by atoms with Gasteiger partial charge in [0.2, 0.25) is 0 Å². The lowest BCUT2D eigenvalue weighted by Crippen LogP contribution is -2.28. The van der Waals surface area contributed by atoms with E-state index in [2.05, 4.69) is 11.9 Å². The molecule has 0 aliphatic carbocycles. The summed E-state index contributed by atoms with van der Waals surface area (Å²) in [6.45, 7) is 4.08. The predicted molar refractivity (Wildman–Crippen MR) is 53.4 cm³/mol. The van der Waals surface area contributed by atoms with Crippen LogP contribution in [0.3, 0.4) is 0 Å². The molecule has 1 aliphatic rings. The van der Waals surface area contributed by atoms with Crippen molar-refractivity contribution in [3.63, 3.8) is 0 Å². The highest BCUT2D eigenvalue weighted by molar-refractivity contribution is 7.99. The maximum absolute atomic E-state index is 11.0. The molecule has 1 atom stereocenters. The van der Waals surface area contributed by atoms with E-state index in [0.717, 1.165) is 12.3 Å². The van der Waals surface area contributed by atoms with Gasteiger partial charge in [-0.05, 0) is 23.8 Å². The average Bonchev–Trinajstić information content (AvgIpc) is 2.51. The molecule has 0 spiro atoms. The van der Waals surface area contributed by atoms with Crippen molar-refractivity contribution in [1.82, 2.24) is 5.32 Å². The Hall–Kier alpha value is -0.150. The van der Waals surface area contributed by atoms with E-state index in [1.54, 1.807) is 0 Å². The summed E-state index contributed by atoms with van der Waals surface area (Å²) in [5.41, 5.74) is 0. The molecule has 0 bridgehead atoms. The monoisotopic (exact) mass is 205 g/mol. The summed E-state index contributed by atoms with van der Waals surface area (Å²) in [5, 5.41) is 2.81. The highest BCUT2D eigenvalue weighted by Crippen LogP contribution is 2.22. The minimum absolute atomic E-state index is 0.0700. The van der Waals surface area contributed by atoms with Crippen LogP contribution < -0.4 is 5.32 Å². The van der Waals surface area contributed by atoms with Gasteiger partial charge in [0.1, 0.15) is 0 Å². The van der Waals surface area contributed by atoms with Gasteiger partial charge in [0.15, 0.2) is 0 Å². The van der Waals surface area contributed by atoms with Crippen molar-refractivity contribution in [2.75, 3.05) is 18.1 Å². The molecule has 0 aromatic heterocycles. The van der Waals surface area contributed by atoms with Crippen LogP contribution in [0.5, 0.6) is 0 Å². The van der Waals surface area contributed by atoms with Gasteiger partial charge < -0.3 is 5.32 Å². The molecule has 1 heterocycles. The molecule has 1 aliphatic heterocycles. The Labute approximate surface area is 81.7 Å². The smallest absolute Gasteiger partial charge is 0.262 e. The molecule has 1 N–H and O–H groups in total. The Kier molecular flexibility index (Phi) is 3.95. The zero-order chi connectivity index (χ0) is 8.97. The SMILES string of the molecule is C=C(Cl)C(=O)NCC1CCSC1. The van der Waals surface area contributed by atoms with Crippen LogP contribution >= 0.6 is 23.4 Å². The highest BCUT2D eigenvalue weighted by Gasteiger charge is 2.16. The van der Waals surface area contributed by atoms with Crippen LogP contribution in [0.25, 0.3) is 0 Å². The maximum Gasteiger partial charge on any atom is 0.262 e. The molecule has 4 heteroatoms. The van der Waals surface area contributed by atoms with E-state index in [4.69, 9.17) is 11.6 Å². The number of carbonyl (C=O) groups excluding carboxylic acids is 1. The second kappa shape index (κ2) is 4.77. The molecular formula is C8H12ClNOS. The first-order chi connectivity index (χ1) is 5.70. The summed E-state index contributed by atoms with van der Waals surface area (Å²) < 4.78 is 0. The summed E-state index contributed by atoms with van der Waals surface area (Å²) in [7, 11) is 0. The summed E-state index contributed by atoms with van der Waals surface area (Å²) in [6, 6.07) is 0. The molecule has 0 aromatic carbocycles. The van der Waals surface area contributed by atoms with E-state index in [1.165, 1.54) is 12.2 Å². The number of thioether (sulfide) groups is 1. The van der Waals surface area contributed by atoms with Gasteiger partial charge in [-0.3, -0.25) is 4.79 Å². The second-order valence-electron chi connectivity index (χ2n) is 2.84. The van der Waals surface area contributed by atoms with E-state index in [0.29, 0.717) is 5.92 Å². The molecule has 12 heavy (non-hydrogen) atoms. The van der Waals surface area contributed by atoms with Crippen LogP contribution in [-0.4, -0.2) is 24.0 Å². The van der Waals surface area contributed by atoms with E-state index in [9.17, 15) is 4.79 Å². The molecule has 0 saturated carbocycles. The molecule has 2 nitrogen and oxygen atoms in total. The number of halogens is 1. The minimum Gasteiger partial charge on any atom is -0.351 e. The van der Waals surface area contributed by atoms with Gasteiger partial charge in [-0.25, -0.2) is 0 Å². The van der Waals surface area contributed by atoms with Gasteiger partial charge in [-0.1, -0.05) is 18.2 Å². The van der Waals surface area contributed by atoms with Gasteiger partial charge in [-0.15, -0.1) is 0 Å². The first-order valence-corrected chi connectivity index (χ1v) is 5.43. The quantitative estimate of drug-likeness (QED) is 0.710. The Morgan fingerprint density at radius 3 is 3.00 bits per heavy atom. The van der Waals surface area contributed by atoms with Crippen molar-refractivity contribution in [2.24, 2.45) is 5.92 Å². The Morgan fingerprint density at radius 1 is 1.75 bits per heavy atom. The maximum atomic E-state index is 11.0. The summed E-state index contributed by atoms with van der Waals surface area (Å²) in [5.74, 6) is 2.74. The zero-order valence-corrected chi connectivity index (χ0v) is 8.38. The van der Waals surface area contributed by atoms with Gasteiger partial charge >= 0.3 is 0 Å². The van der Waals surface area contributed by atoms with Crippen LogP contribution in [0.15, 0.2) is 11.6 Å². The molecule has 0 radical (unpaired) electrons. The van der Waals surface area contributed by atoms with Crippen molar-refractivity contribution in [3.8, 4) is 0 Å². The van der Waals surface area contributed by atoms with Crippen molar-refractivity contribution in [1.29, 1.82) is 0 Å². The molecular weight excluding hydrogens is 194 g/mol. The lowest BCUT2D eigenvalue weighted by molar-refractivity contribution is -0.117. The zero-order valence-electron chi connectivity index (χ0n) is 6.81. The molecule has 1 saturated heterocycles. The largest absolute Gasteiger partial charge is 0.351 e. The normalized spacial score (nSPS) is 22.2. The van der Waals surface area contributed by atoms with Crippen LogP contribution in [0, 0.1) is 5.92 Å². The van der Waals surface area contributed by atoms with Gasteiger partial charge in [-0.2, -0.15) is 11.8 Å². The third-order valence-electron chi connectivity index (χ3n) is 1.82. The van der Waals surface area contributed by atoms with E-state index in [1.807, 2.05) is 11.8 Å². The van der Waals surface area contributed by atoms with E-state index in [-0.39, 0.29) is 10.9 Å². The van der Waals surface area contributed by atoms with Crippen LogP contribution in [0.2, 0.25) is 0 Å². The van der Waals surface area contributed by atoms with Gasteiger partial charge in [0.25, 0.3) is 5.91 Å². The van der Waals surface area contributed by atoms with Crippen molar-refractivity contribution >= 4 is 29.3 Å². The van der Waals surface area contributed by atoms with Crippen molar-refractivity contribution in [3.05, 3.63) is 11.6 Å². The van der Waals surface area contributed by atoms with E-state index >= 15 is 0 Å².